The number of hydrogen-bond donors (Lipinski definition) is 2. The first-order valence-electron chi connectivity index (χ1n) is 6.67. The molecule has 1 unspecified atom stereocenters. The molecule has 0 saturated heterocycles. The quantitative estimate of drug-likeness (QED) is 0.864. The third-order valence-electron chi connectivity index (χ3n) is 3.37. The SMILES string of the molecule is COc1cc(Br)cc2c1NC(=O)C(N)N=C2c1ccccc1. The number of ether oxygens (including phenoxy) is 1. The summed E-state index contributed by atoms with van der Waals surface area (Å²) in [5, 5.41) is 2.79. The Bertz CT molecular complexity index is 759. The van der Waals surface area contributed by atoms with E-state index in [1.165, 1.54) is 0 Å². The van der Waals surface area contributed by atoms with Crippen LogP contribution < -0.4 is 15.8 Å². The number of carbonyl (C=O) groups excluding carboxylic acids is 1. The summed E-state index contributed by atoms with van der Waals surface area (Å²) in [6, 6.07) is 13.3. The Balaban J connectivity index is 2.28. The van der Waals surface area contributed by atoms with Crippen LogP contribution in [0, 0.1) is 0 Å². The van der Waals surface area contributed by atoms with Crippen molar-refractivity contribution in [3.63, 3.8) is 0 Å². The van der Waals surface area contributed by atoms with E-state index in [1.54, 1.807) is 13.2 Å². The second-order valence-electron chi connectivity index (χ2n) is 4.81. The number of nitrogens with two attached hydrogens (primary N) is 1. The molecule has 1 amide bonds. The largest absolute Gasteiger partial charge is 0.495 e. The van der Waals surface area contributed by atoms with Gasteiger partial charge in [-0.3, -0.25) is 9.79 Å². The number of anilines is 1. The van der Waals surface area contributed by atoms with Crippen molar-refractivity contribution in [1.82, 2.24) is 0 Å². The standard InChI is InChI=1S/C16H14BrN3O2/c1-22-12-8-10(17)7-11-13(9-5-3-2-4-6-9)19-15(18)16(21)20-14(11)12/h2-8,15H,18H2,1H3,(H,20,21). The molecule has 0 bridgehead atoms. The topological polar surface area (TPSA) is 76.7 Å². The van der Waals surface area contributed by atoms with Gasteiger partial charge >= 0.3 is 0 Å². The molecule has 0 radical (unpaired) electrons. The first kappa shape index (κ1) is 14.7. The molecule has 0 saturated carbocycles. The molecule has 2 aromatic carbocycles. The normalized spacial score (nSPS) is 17.1. The van der Waals surface area contributed by atoms with E-state index < -0.39 is 6.17 Å². The van der Waals surface area contributed by atoms with Gasteiger partial charge in [-0.2, -0.15) is 0 Å². The molecule has 1 aliphatic heterocycles. The van der Waals surface area contributed by atoms with Crippen molar-refractivity contribution in [3.05, 3.63) is 58.1 Å². The van der Waals surface area contributed by atoms with Crippen LogP contribution in [-0.4, -0.2) is 24.9 Å². The Kier molecular flexibility index (Phi) is 3.96. The van der Waals surface area contributed by atoms with E-state index >= 15 is 0 Å². The van der Waals surface area contributed by atoms with E-state index in [0.717, 1.165) is 15.6 Å². The van der Waals surface area contributed by atoms with E-state index in [0.29, 0.717) is 17.1 Å². The van der Waals surface area contributed by atoms with Gasteiger partial charge in [0.15, 0.2) is 6.17 Å². The zero-order valence-corrected chi connectivity index (χ0v) is 13.4. The number of nitrogens with one attached hydrogen (secondary N) is 1. The maximum atomic E-state index is 12.1. The van der Waals surface area contributed by atoms with Crippen LogP contribution in [0.25, 0.3) is 0 Å². The third kappa shape index (κ3) is 2.63. The number of benzene rings is 2. The van der Waals surface area contributed by atoms with Gasteiger partial charge in [-0.25, -0.2) is 0 Å². The fourth-order valence-electron chi connectivity index (χ4n) is 2.35. The van der Waals surface area contributed by atoms with Gasteiger partial charge in [0, 0.05) is 15.6 Å². The summed E-state index contributed by atoms with van der Waals surface area (Å²) in [5.74, 6) is 0.184. The van der Waals surface area contributed by atoms with Gasteiger partial charge in [0.1, 0.15) is 5.75 Å². The van der Waals surface area contributed by atoms with Crippen molar-refractivity contribution in [1.29, 1.82) is 0 Å². The van der Waals surface area contributed by atoms with Crippen LogP contribution in [0.4, 0.5) is 5.69 Å². The number of hydrogen-bond acceptors (Lipinski definition) is 4. The summed E-state index contributed by atoms with van der Waals surface area (Å²) in [4.78, 5) is 16.5. The predicted octanol–water partition coefficient (Wildman–Crippen LogP) is 2.53. The van der Waals surface area contributed by atoms with E-state index in [2.05, 4.69) is 26.2 Å². The highest BCUT2D eigenvalue weighted by Crippen LogP contribution is 2.35. The number of aliphatic imine (C=N–C) groups is 1. The van der Waals surface area contributed by atoms with Crippen LogP contribution in [0.15, 0.2) is 51.9 Å². The molecular weight excluding hydrogens is 346 g/mol. The Hall–Kier alpha value is -2.18. The predicted molar refractivity (Wildman–Crippen MR) is 89.4 cm³/mol. The van der Waals surface area contributed by atoms with Crippen molar-refractivity contribution in [2.45, 2.75) is 6.17 Å². The van der Waals surface area contributed by atoms with E-state index in [-0.39, 0.29) is 5.91 Å². The summed E-state index contributed by atoms with van der Waals surface area (Å²) in [7, 11) is 1.55. The molecule has 1 atom stereocenters. The van der Waals surface area contributed by atoms with E-state index in [4.69, 9.17) is 10.5 Å². The summed E-state index contributed by atoms with van der Waals surface area (Å²) >= 11 is 3.46. The minimum Gasteiger partial charge on any atom is -0.495 e. The third-order valence-corrected chi connectivity index (χ3v) is 3.83. The Morgan fingerprint density at radius 1 is 1.27 bits per heavy atom. The molecule has 0 aromatic heterocycles. The lowest BCUT2D eigenvalue weighted by Crippen LogP contribution is -2.33. The van der Waals surface area contributed by atoms with Crippen molar-refractivity contribution in [2.24, 2.45) is 10.7 Å². The molecular formula is C16H14BrN3O2. The van der Waals surface area contributed by atoms with Crippen LogP contribution in [0.5, 0.6) is 5.75 Å². The highest BCUT2D eigenvalue weighted by molar-refractivity contribution is 9.10. The molecule has 6 heteroatoms. The zero-order valence-electron chi connectivity index (χ0n) is 11.8. The second-order valence-corrected chi connectivity index (χ2v) is 5.72. The average Bonchev–Trinajstić information content (AvgIpc) is 2.65. The lowest BCUT2D eigenvalue weighted by Gasteiger charge is -2.14. The lowest BCUT2D eigenvalue weighted by molar-refractivity contribution is -0.117. The highest BCUT2D eigenvalue weighted by Gasteiger charge is 2.26. The van der Waals surface area contributed by atoms with Gasteiger partial charge in [-0.15, -0.1) is 0 Å². The highest BCUT2D eigenvalue weighted by atomic mass is 79.9. The number of rotatable bonds is 2. The minimum atomic E-state index is -0.967. The smallest absolute Gasteiger partial charge is 0.263 e. The first-order chi connectivity index (χ1) is 10.6. The van der Waals surface area contributed by atoms with E-state index in [1.807, 2.05) is 36.4 Å². The van der Waals surface area contributed by atoms with E-state index in [9.17, 15) is 4.79 Å². The van der Waals surface area contributed by atoms with Gasteiger partial charge in [0.25, 0.3) is 5.91 Å². The van der Waals surface area contributed by atoms with Crippen molar-refractivity contribution in [3.8, 4) is 5.75 Å². The Morgan fingerprint density at radius 2 is 2.00 bits per heavy atom. The molecule has 1 aliphatic rings. The van der Waals surface area contributed by atoms with Gasteiger partial charge in [-0.1, -0.05) is 46.3 Å². The van der Waals surface area contributed by atoms with Gasteiger partial charge in [0.2, 0.25) is 0 Å². The molecule has 112 valence electrons. The number of benzodiazepines with no additional fused rings is 1. The zero-order chi connectivity index (χ0) is 15.7. The van der Waals surface area contributed by atoms with Gasteiger partial charge in [-0.05, 0) is 12.1 Å². The Morgan fingerprint density at radius 3 is 2.68 bits per heavy atom. The summed E-state index contributed by atoms with van der Waals surface area (Å²) in [6.45, 7) is 0. The summed E-state index contributed by atoms with van der Waals surface area (Å²) in [5.41, 5.74) is 8.74. The van der Waals surface area contributed by atoms with Crippen LogP contribution in [0.1, 0.15) is 11.1 Å². The van der Waals surface area contributed by atoms with Crippen LogP contribution in [0.2, 0.25) is 0 Å². The van der Waals surface area contributed by atoms with Crippen LogP contribution in [-0.2, 0) is 4.79 Å². The second kappa shape index (κ2) is 5.90. The molecule has 5 nitrogen and oxygen atoms in total. The van der Waals surface area contributed by atoms with Crippen LogP contribution in [0.3, 0.4) is 0 Å². The molecule has 0 aliphatic carbocycles. The van der Waals surface area contributed by atoms with Gasteiger partial charge in [0.05, 0.1) is 18.5 Å². The fourth-order valence-corrected chi connectivity index (χ4v) is 2.79. The fraction of sp³-hybridized carbons (Fsp3) is 0.125. The van der Waals surface area contributed by atoms with Crippen LogP contribution >= 0.6 is 15.9 Å². The first-order valence-corrected chi connectivity index (χ1v) is 7.47. The molecule has 0 spiro atoms. The number of halogens is 1. The van der Waals surface area contributed by atoms with Crippen molar-refractivity contribution >= 4 is 33.2 Å². The lowest BCUT2D eigenvalue weighted by atomic mass is 10.00. The maximum absolute atomic E-state index is 12.1. The molecule has 3 rings (SSSR count). The molecule has 1 heterocycles. The van der Waals surface area contributed by atoms with Crippen molar-refractivity contribution < 1.29 is 9.53 Å². The Labute approximate surface area is 136 Å². The summed E-state index contributed by atoms with van der Waals surface area (Å²) in [6.07, 6.45) is -0.967. The molecule has 2 aromatic rings. The minimum absolute atomic E-state index is 0.368. The number of fused-ring (bicyclic) bond motifs is 1. The average molecular weight is 360 g/mol. The van der Waals surface area contributed by atoms with Gasteiger partial charge < -0.3 is 15.8 Å². The number of nitrogens with zero attached hydrogens (tertiary/aromatic N) is 1. The number of carbonyl (C=O) groups is 1. The summed E-state index contributed by atoms with van der Waals surface area (Å²) < 4.78 is 6.21. The van der Waals surface area contributed by atoms with Crippen molar-refractivity contribution in [2.75, 3.05) is 12.4 Å². The monoisotopic (exact) mass is 359 g/mol. The number of amides is 1. The molecule has 22 heavy (non-hydrogen) atoms. The molecule has 0 fully saturated rings. The number of methoxy groups -OCH3 is 1. The molecule has 3 N–H and O–H groups in total. The maximum Gasteiger partial charge on any atom is 0.263 e.